The van der Waals surface area contributed by atoms with Crippen LogP contribution in [-0.2, 0) is 16.0 Å². The summed E-state index contributed by atoms with van der Waals surface area (Å²) in [6.07, 6.45) is 4.32. The van der Waals surface area contributed by atoms with Gasteiger partial charge in [0.25, 0.3) is 0 Å². The molecule has 8 nitrogen and oxygen atoms in total. The number of benzene rings is 1. The first-order valence-electron chi connectivity index (χ1n) is 10.6. The van der Waals surface area contributed by atoms with Gasteiger partial charge in [0.05, 0.1) is 11.9 Å². The number of hydrogen-bond acceptors (Lipinski definition) is 4. The van der Waals surface area contributed by atoms with Gasteiger partial charge in [-0.1, -0.05) is 35.9 Å². The number of carbonyl (C=O) groups is 3. The fourth-order valence-corrected chi connectivity index (χ4v) is 5.35. The molecule has 0 unspecified atom stereocenters. The summed E-state index contributed by atoms with van der Waals surface area (Å²) in [6.45, 7) is 0. The Morgan fingerprint density at radius 2 is 1.94 bits per heavy atom. The second kappa shape index (κ2) is 7.94. The Bertz CT molecular complexity index is 1240. The quantitative estimate of drug-likeness (QED) is 0.593. The molecule has 1 aliphatic heterocycles. The van der Waals surface area contributed by atoms with Gasteiger partial charge in [0.15, 0.2) is 0 Å². The van der Waals surface area contributed by atoms with Gasteiger partial charge < -0.3 is 16.0 Å². The second-order valence-corrected chi connectivity index (χ2v) is 8.75. The molecule has 0 radical (unpaired) electrons. The molecule has 1 saturated heterocycles. The molecule has 1 aliphatic carbocycles. The van der Waals surface area contributed by atoms with Crippen molar-refractivity contribution in [2.45, 2.75) is 37.8 Å². The monoisotopic (exact) mass is 451 g/mol. The van der Waals surface area contributed by atoms with Crippen LogP contribution in [0, 0.1) is 5.92 Å². The topological polar surface area (TPSA) is 110 Å². The number of carbonyl (C=O) groups excluding carboxylic acids is 3. The summed E-state index contributed by atoms with van der Waals surface area (Å²) in [4.78, 5) is 44.3. The number of rotatable bonds is 4. The molecule has 2 aromatic heterocycles. The molecule has 1 aromatic carbocycles. The zero-order valence-electron chi connectivity index (χ0n) is 17.2. The lowest BCUT2D eigenvalue weighted by Crippen LogP contribution is -2.51. The van der Waals surface area contributed by atoms with Gasteiger partial charge in [0.1, 0.15) is 17.0 Å². The van der Waals surface area contributed by atoms with Crippen LogP contribution in [0.1, 0.15) is 24.8 Å². The fraction of sp³-hybridized carbons (Fsp3) is 0.304. The third-order valence-corrected chi connectivity index (χ3v) is 6.69. The number of nitrogens with two attached hydrogens (primary N) is 1. The lowest BCUT2D eigenvalue weighted by atomic mass is 9.97. The van der Waals surface area contributed by atoms with Crippen molar-refractivity contribution < 1.29 is 14.4 Å². The maximum absolute atomic E-state index is 13.4. The minimum atomic E-state index is -0.605. The molecule has 9 heteroatoms. The largest absolute Gasteiger partial charge is 0.351 e. The van der Waals surface area contributed by atoms with Crippen LogP contribution in [0.3, 0.4) is 0 Å². The molecule has 1 saturated carbocycles. The summed E-state index contributed by atoms with van der Waals surface area (Å²) in [5.74, 6) is 0.0981. The van der Waals surface area contributed by atoms with Crippen LogP contribution in [0.4, 0.5) is 10.6 Å². The van der Waals surface area contributed by atoms with Crippen LogP contribution in [0.5, 0.6) is 0 Å². The van der Waals surface area contributed by atoms with E-state index >= 15 is 0 Å². The van der Waals surface area contributed by atoms with Gasteiger partial charge in [-0.2, -0.15) is 0 Å². The molecule has 2 aliphatic rings. The van der Waals surface area contributed by atoms with Crippen molar-refractivity contribution in [3.8, 4) is 0 Å². The maximum atomic E-state index is 13.4. The Hall–Kier alpha value is -3.39. The minimum absolute atomic E-state index is 0.0417. The highest BCUT2D eigenvalue weighted by atomic mass is 35.5. The number of para-hydroxylation sites is 1. The van der Waals surface area contributed by atoms with E-state index in [4.69, 9.17) is 17.3 Å². The number of pyridine rings is 1. The van der Waals surface area contributed by atoms with Crippen molar-refractivity contribution in [2.75, 3.05) is 5.32 Å². The predicted octanol–water partition coefficient (Wildman–Crippen LogP) is 3.18. The molecule has 164 valence electrons. The van der Waals surface area contributed by atoms with E-state index in [0.29, 0.717) is 16.9 Å². The lowest BCUT2D eigenvalue weighted by molar-refractivity contribution is -0.140. The zero-order valence-corrected chi connectivity index (χ0v) is 18.0. The number of piperidine rings is 1. The SMILES string of the molecule is NC(=O)n1cc(CC(=O)N2[C@@H]3CC[C@@H](C3)[C@H]2C(=O)Nc2cccc(Cl)n2)c2ccccc21. The van der Waals surface area contributed by atoms with Crippen LogP contribution in [-0.4, -0.2) is 44.4 Å². The Morgan fingerprint density at radius 1 is 1.12 bits per heavy atom. The number of anilines is 1. The summed E-state index contributed by atoms with van der Waals surface area (Å²) in [5.41, 5.74) is 6.87. The van der Waals surface area contributed by atoms with Crippen LogP contribution in [0.2, 0.25) is 5.15 Å². The van der Waals surface area contributed by atoms with Crippen LogP contribution >= 0.6 is 11.6 Å². The average molecular weight is 452 g/mol. The number of nitrogens with zero attached hydrogens (tertiary/aromatic N) is 3. The normalized spacial score (nSPS) is 21.8. The van der Waals surface area contributed by atoms with E-state index in [1.54, 1.807) is 35.4 Å². The summed E-state index contributed by atoms with van der Waals surface area (Å²) >= 11 is 5.93. The van der Waals surface area contributed by atoms with Gasteiger partial charge in [-0.15, -0.1) is 0 Å². The van der Waals surface area contributed by atoms with Gasteiger partial charge in [-0.3, -0.25) is 14.2 Å². The summed E-state index contributed by atoms with van der Waals surface area (Å²) in [6, 6.07) is 11.2. The molecular formula is C23H22ClN5O3. The van der Waals surface area contributed by atoms with Crippen molar-refractivity contribution in [1.82, 2.24) is 14.5 Å². The molecule has 3 N–H and O–H groups in total. The number of aromatic nitrogens is 2. The summed E-state index contributed by atoms with van der Waals surface area (Å²) in [5, 5.41) is 3.90. The molecule has 5 rings (SSSR count). The van der Waals surface area contributed by atoms with Gasteiger partial charge in [0.2, 0.25) is 11.8 Å². The van der Waals surface area contributed by atoms with E-state index in [-0.39, 0.29) is 35.3 Å². The van der Waals surface area contributed by atoms with Crippen molar-refractivity contribution in [3.63, 3.8) is 0 Å². The molecule has 3 amide bonds. The Kier molecular flexibility index (Phi) is 5.09. The minimum Gasteiger partial charge on any atom is -0.351 e. The highest BCUT2D eigenvalue weighted by molar-refractivity contribution is 6.29. The van der Waals surface area contributed by atoms with Crippen LogP contribution < -0.4 is 11.1 Å². The smallest absolute Gasteiger partial charge is 0.323 e. The van der Waals surface area contributed by atoms with Crippen molar-refractivity contribution in [1.29, 1.82) is 0 Å². The highest BCUT2D eigenvalue weighted by Crippen LogP contribution is 2.43. The Balaban J connectivity index is 1.41. The van der Waals surface area contributed by atoms with E-state index < -0.39 is 12.1 Å². The lowest BCUT2D eigenvalue weighted by Gasteiger charge is -2.34. The molecule has 2 fully saturated rings. The highest BCUT2D eigenvalue weighted by Gasteiger charge is 2.51. The third kappa shape index (κ3) is 3.50. The van der Waals surface area contributed by atoms with Gasteiger partial charge in [-0.05, 0) is 48.9 Å². The van der Waals surface area contributed by atoms with Crippen LogP contribution in [0.25, 0.3) is 10.9 Å². The molecule has 0 spiro atoms. The van der Waals surface area contributed by atoms with Gasteiger partial charge >= 0.3 is 6.03 Å². The van der Waals surface area contributed by atoms with Crippen LogP contribution in [0.15, 0.2) is 48.7 Å². The first kappa shape index (κ1) is 20.5. The second-order valence-electron chi connectivity index (χ2n) is 8.36. The van der Waals surface area contributed by atoms with Crippen molar-refractivity contribution >= 4 is 46.2 Å². The van der Waals surface area contributed by atoms with Gasteiger partial charge in [-0.25, -0.2) is 9.78 Å². The standard InChI is InChI=1S/C23H22ClN5O3/c24-18-6-3-7-19(26-18)27-22(31)21-13-8-9-15(10-13)29(21)20(30)11-14-12-28(23(25)32)17-5-2-1-4-16(14)17/h1-7,12-13,15,21H,8-11H2,(H2,25,32)(H,26,27,31)/t13-,15+,21-/m0/s1. The number of primary amides is 1. The molecule has 3 heterocycles. The number of fused-ring (bicyclic) bond motifs is 3. The number of likely N-dealkylation sites (tertiary alicyclic amines) is 1. The number of halogens is 1. The maximum Gasteiger partial charge on any atom is 0.323 e. The number of hydrogen-bond donors (Lipinski definition) is 2. The molecule has 3 aromatic rings. The zero-order chi connectivity index (χ0) is 22.4. The number of amides is 3. The Morgan fingerprint density at radius 3 is 2.72 bits per heavy atom. The molecule has 32 heavy (non-hydrogen) atoms. The first-order valence-corrected chi connectivity index (χ1v) is 10.9. The van der Waals surface area contributed by atoms with Gasteiger partial charge in [0, 0.05) is 17.6 Å². The van der Waals surface area contributed by atoms with Crippen molar-refractivity contribution in [2.24, 2.45) is 11.7 Å². The fourth-order valence-electron chi connectivity index (χ4n) is 5.19. The molecular weight excluding hydrogens is 430 g/mol. The van der Waals surface area contributed by atoms with E-state index in [1.807, 2.05) is 18.2 Å². The van der Waals surface area contributed by atoms with E-state index in [2.05, 4.69) is 10.3 Å². The molecule has 3 atom stereocenters. The third-order valence-electron chi connectivity index (χ3n) is 6.48. The summed E-state index contributed by atoms with van der Waals surface area (Å²) in [7, 11) is 0. The molecule has 2 bridgehead atoms. The Labute approximate surface area is 189 Å². The average Bonchev–Trinajstić information content (AvgIpc) is 3.47. The van der Waals surface area contributed by atoms with E-state index in [9.17, 15) is 14.4 Å². The predicted molar refractivity (Wildman–Crippen MR) is 120 cm³/mol. The van der Waals surface area contributed by atoms with E-state index in [0.717, 1.165) is 24.6 Å². The van der Waals surface area contributed by atoms with E-state index in [1.165, 1.54) is 4.57 Å². The first-order chi connectivity index (χ1) is 15.4. The summed E-state index contributed by atoms with van der Waals surface area (Å²) < 4.78 is 1.35. The van der Waals surface area contributed by atoms with Crippen molar-refractivity contribution in [3.05, 3.63) is 59.4 Å². The number of nitrogens with one attached hydrogen (secondary N) is 1.